The van der Waals surface area contributed by atoms with Crippen molar-refractivity contribution in [2.75, 3.05) is 13.9 Å². The third-order valence-corrected chi connectivity index (χ3v) is 2.84. The van der Waals surface area contributed by atoms with Gasteiger partial charge in [-0.05, 0) is 25.3 Å². The third kappa shape index (κ3) is 6.41. The van der Waals surface area contributed by atoms with E-state index in [0.717, 1.165) is 5.57 Å². The van der Waals surface area contributed by atoms with Crippen molar-refractivity contribution in [2.45, 2.75) is 39.9 Å². The molecule has 0 rings (SSSR count). The zero-order valence-corrected chi connectivity index (χ0v) is 13.4. The molecular weight excluding hydrogens is 282 g/mol. The summed E-state index contributed by atoms with van der Waals surface area (Å²) in [6.45, 7) is 7.50. The van der Waals surface area contributed by atoms with Gasteiger partial charge in [0.1, 0.15) is 19.0 Å². The number of allylic oxidation sites excluding steroid dienone is 2. The third-order valence-electron chi connectivity index (χ3n) is 2.62. The molecule has 0 aromatic heterocycles. The fourth-order valence-corrected chi connectivity index (χ4v) is 1.94. The highest BCUT2D eigenvalue weighted by Crippen LogP contribution is 2.25. The molecule has 0 aliphatic carbocycles. The Morgan fingerprint density at radius 3 is 2.35 bits per heavy atom. The molecule has 0 saturated carbocycles. The van der Waals surface area contributed by atoms with Crippen LogP contribution in [-0.4, -0.2) is 32.2 Å². The number of primary amides is 1. The van der Waals surface area contributed by atoms with Gasteiger partial charge >= 0.3 is 6.09 Å². The van der Waals surface area contributed by atoms with Gasteiger partial charge in [0.25, 0.3) is 0 Å². The van der Waals surface area contributed by atoms with Gasteiger partial charge in [0.15, 0.2) is 0 Å². The van der Waals surface area contributed by atoms with Crippen LogP contribution in [0, 0.1) is 5.92 Å². The second-order valence-electron chi connectivity index (χ2n) is 4.63. The lowest BCUT2D eigenvalue weighted by molar-refractivity contribution is -0.106. The van der Waals surface area contributed by atoms with Crippen LogP contribution in [0.1, 0.15) is 27.7 Å². The van der Waals surface area contributed by atoms with Crippen molar-refractivity contribution in [2.24, 2.45) is 11.7 Å². The number of carbonyl (C=O) groups is 1. The smallest absolute Gasteiger partial charge is 0.404 e. The second-order valence-corrected chi connectivity index (χ2v) is 5.20. The van der Waals surface area contributed by atoms with E-state index in [1.165, 1.54) is 7.11 Å². The second kappa shape index (κ2) is 9.80. The number of hydrogen-bond acceptors (Lipinski definition) is 4. The maximum Gasteiger partial charge on any atom is 0.404 e. The number of carbonyl (C=O) groups excluding carboxylic acids is 1. The Hall–Kier alpha value is -1.04. The summed E-state index contributed by atoms with van der Waals surface area (Å²) in [5, 5.41) is 0.558. The molecule has 1 amide bonds. The van der Waals surface area contributed by atoms with Gasteiger partial charge in [0.05, 0.1) is 0 Å². The van der Waals surface area contributed by atoms with Crippen LogP contribution in [0.25, 0.3) is 0 Å². The fourth-order valence-electron chi connectivity index (χ4n) is 1.77. The summed E-state index contributed by atoms with van der Waals surface area (Å²) in [6, 6.07) is 0. The van der Waals surface area contributed by atoms with Crippen LogP contribution in [0.3, 0.4) is 0 Å². The van der Waals surface area contributed by atoms with E-state index in [4.69, 9.17) is 31.5 Å². The Morgan fingerprint density at radius 1 is 1.40 bits per heavy atom. The topological polar surface area (TPSA) is 70.8 Å². The molecule has 5 nitrogen and oxygen atoms in total. The van der Waals surface area contributed by atoms with E-state index in [9.17, 15) is 4.79 Å². The molecule has 0 bridgehead atoms. The summed E-state index contributed by atoms with van der Waals surface area (Å²) < 4.78 is 15.8. The predicted molar refractivity (Wildman–Crippen MR) is 79.4 cm³/mol. The van der Waals surface area contributed by atoms with Gasteiger partial charge in [0.2, 0.25) is 0 Å². The van der Waals surface area contributed by atoms with Crippen LogP contribution in [0.15, 0.2) is 22.8 Å². The first-order valence-corrected chi connectivity index (χ1v) is 6.78. The number of ether oxygens (including phenoxy) is 3. The first-order chi connectivity index (χ1) is 9.34. The maximum atomic E-state index is 11.1. The average Bonchev–Trinajstić information content (AvgIpc) is 2.35. The van der Waals surface area contributed by atoms with Crippen molar-refractivity contribution >= 4 is 17.7 Å². The Balaban J connectivity index is 5.47. The summed E-state index contributed by atoms with van der Waals surface area (Å²) in [6.07, 6.45) is 1.72. The van der Waals surface area contributed by atoms with E-state index < -0.39 is 18.3 Å². The van der Waals surface area contributed by atoms with Crippen LogP contribution in [0.2, 0.25) is 0 Å². The van der Waals surface area contributed by atoms with E-state index in [2.05, 4.69) is 0 Å². The first-order valence-electron chi connectivity index (χ1n) is 6.40. The minimum absolute atomic E-state index is 0.000582. The van der Waals surface area contributed by atoms with Crippen LogP contribution in [0.5, 0.6) is 0 Å². The van der Waals surface area contributed by atoms with E-state index in [-0.39, 0.29) is 12.7 Å². The van der Waals surface area contributed by atoms with Crippen LogP contribution in [-0.2, 0) is 14.2 Å². The Bertz CT molecular complexity index is 362. The highest BCUT2D eigenvalue weighted by atomic mass is 35.5. The minimum Gasteiger partial charge on any atom is -0.443 e. The molecule has 0 saturated heterocycles. The normalized spacial score (nSPS) is 16.1. The Morgan fingerprint density at radius 2 is 2.00 bits per heavy atom. The molecular formula is C14H24ClNO4. The molecule has 0 spiro atoms. The largest absolute Gasteiger partial charge is 0.443 e. The van der Waals surface area contributed by atoms with Gasteiger partial charge < -0.3 is 19.9 Å². The fraction of sp³-hybridized carbons (Fsp3) is 0.643. The first kappa shape index (κ1) is 19.0. The van der Waals surface area contributed by atoms with Crippen molar-refractivity contribution in [1.29, 1.82) is 0 Å². The number of amides is 1. The zero-order chi connectivity index (χ0) is 15.7. The standard InChI is InChI=1S/C14H24ClNO4/c1-6-7-11(10(4)15)13(19-8-18-5)12(9(2)3)20-14(16)17/h6-7,9,12-13H,8H2,1-5H3,(H2,16,17). The van der Waals surface area contributed by atoms with Crippen LogP contribution < -0.4 is 5.73 Å². The average molecular weight is 306 g/mol. The van der Waals surface area contributed by atoms with Crippen LogP contribution >= 0.6 is 11.6 Å². The molecule has 0 aliphatic rings. The molecule has 2 N–H and O–H groups in total. The minimum atomic E-state index is -0.846. The summed E-state index contributed by atoms with van der Waals surface area (Å²) in [7, 11) is 1.52. The molecule has 20 heavy (non-hydrogen) atoms. The van der Waals surface area contributed by atoms with Gasteiger partial charge in [-0.25, -0.2) is 4.79 Å². The van der Waals surface area contributed by atoms with Crippen molar-refractivity contribution < 1.29 is 19.0 Å². The molecule has 0 heterocycles. The lowest BCUT2D eigenvalue weighted by Gasteiger charge is -2.30. The molecule has 2 unspecified atom stereocenters. The van der Waals surface area contributed by atoms with Gasteiger partial charge in [0, 0.05) is 12.1 Å². The van der Waals surface area contributed by atoms with Crippen molar-refractivity contribution in [1.82, 2.24) is 0 Å². The monoisotopic (exact) mass is 305 g/mol. The Labute approximate surface area is 125 Å². The van der Waals surface area contributed by atoms with E-state index in [0.29, 0.717) is 5.03 Å². The van der Waals surface area contributed by atoms with E-state index in [1.54, 1.807) is 6.92 Å². The molecule has 116 valence electrons. The number of methoxy groups -OCH3 is 1. The molecule has 0 aromatic carbocycles. The number of nitrogens with two attached hydrogens (primary N) is 1. The number of rotatable bonds is 8. The lowest BCUT2D eigenvalue weighted by Crippen LogP contribution is -2.40. The van der Waals surface area contributed by atoms with Gasteiger partial charge in [-0.3, -0.25) is 0 Å². The maximum absolute atomic E-state index is 11.1. The lowest BCUT2D eigenvalue weighted by atomic mass is 9.95. The molecule has 2 atom stereocenters. The highest BCUT2D eigenvalue weighted by molar-refractivity contribution is 6.29. The van der Waals surface area contributed by atoms with Gasteiger partial charge in [-0.15, -0.1) is 0 Å². The Kier molecular flexibility index (Phi) is 9.29. The van der Waals surface area contributed by atoms with Crippen molar-refractivity contribution in [3.05, 3.63) is 22.8 Å². The van der Waals surface area contributed by atoms with Gasteiger partial charge in [-0.2, -0.15) is 0 Å². The van der Waals surface area contributed by atoms with Crippen molar-refractivity contribution in [3.63, 3.8) is 0 Å². The quantitative estimate of drug-likeness (QED) is 0.552. The zero-order valence-electron chi connectivity index (χ0n) is 12.7. The van der Waals surface area contributed by atoms with E-state index >= 15 is 0 Å². The van der Waals surface area contributed by atoms with Gasteiger partial charge in [-0.1, -0.05) is 37.6 Å². The summed E-state index contributed by atoms with van der Waals surface area (Å²) >= 11 is 6.12. The predicted octanol–water partition coefficient (Wildman–Crippen LogP) is 3.18. The summed E-state index contributed by atoms with van der Waals surface area (Å²) in [5.74, 6) is 0.000582. The van der Waals surface area contributed by atoms with Crippen molar-refractivity contribution in [3.8, 4) is 0 Å². The molecule has 0 aromatic rings. The molecule has 0 aliphatic heterocycles. The molecule has 0 fully saturated rings. The van der Waals surface area contributed by atoms with E-state index in [1.807, 2.05) is 32.9 Å². The summed E-state index contributed by atoms with van der Waals surface area (Å²) in [5.41, 5.74) is 5.86. The van der Waals surface area contributed by atoms with Crippen LogP contribution in [0.4, 0.5) is 4.79 Å². The summed E-state index contributed by atoms with van der Waals surface area (Å²) in [4.78, 5) is 11.1. The SMILES string of the molecule is CC=CC(=C(C)Cl)C(OCOC)C(OC(N)=O)C(C)C. The number of halogens is 1. The molecule has 0 radical (unpaired) electrons. The molecule has 6 heteroatoms. The highest BCUT2D eigenvalue weighted by Gasteiger charge is 2.31. The number of hydrogen-bond donors (Lipinski definition) is 1.